The van der Waals surface area contributed by atoms with Crippen LogP contribution in [0.5, 0.6) is 0 Å². The number of H-pyrrole nitrogens is 2. The Labute approximate surface area is 151 Å². The Morgan fingerprint density at radius 1 is 1.35 bits per heavy atom. The lowest BCUT2D eigenvalue weighted by atomic mass is 9.98. The number of nitrogens with two attached hydrogens (primary N) is 1. The van der Waals surface area contributed by atoms with Crippen molar-refractivity contribution < 1.29 is 4.39 Å². The summed E-state index contributed by atoms with van der Waals surface area (Å²) >= 11 is 6.39. The minimum absolute atomic E-state index is 0.0676. The first-order valence-electron chi connectivity index (χ1n) is 7.54. The smallest absolute Gasteiger partial charge is 0.272 e. The van der Waals surface area contributed by atoms with E-state index in [4.69, 9.17) is 23.8 Å². The van der Waals surface area contributed by atoms with E-state index in [-0.39, 0.29) is 16.2 Å². The average molecular weight is 368 g/mol. The van der Waals surface area contributed by atoms with Crippen molar-refractivity contribution in [2.75, 3.05) is 5.73 Å². The summed E-state index contributed by atoms with van der Waals surface area (Å²) < 4.78 is 14.0. The van der Waals surface area contributed by atoms with E-state index in [0.29, 0.717) is 38.8 Å². The highest BCUT2D eigenvalue weighted by Gasteiger charge is 2.21. The zero-order valence-electron chi connectivity index (χ0n) is 13.4. The molecular weight excluding hydrogens is 357 g/mol. The molecule has 0 saturated heterocycles. The van der Waals surface area contributed by atoms with Crippen LogP contribution in [-0.4, -0.2) is 20.2 Å². The molecule has 4 rings (SSSR count). The summed E-state index contributed by atoms with van der Waals surface area (Å²) in [7, 11) is 0. The molecule has 0 aliphatic carbocycles. The zero-order chi connectivity index (χ0) is 18.6. The molecule has 4 aromatic rings. The van der Waals surface area contributed by atoms with Crippen molar-refractivity contribution in [1.29, 1.82) is 0 Å². The molecule has 1 aromatic carbocycles. The molecule has 8 heteroatoms. The molecule has 0 bridgehead atoms. The van der Waals surface area contributed by atoms with Gasteiger partial charge in [0.05, 0.1) is 22.3 Å². The largest absolute Gasteiger partial charge is 0.394 e. The molecule has 26 heavy (non-hydrogen) atoms. The van der Waals surface area contributed by atoms with Crippen LogP contribution in [-0.2, 0) is 0 Å². The van der Waals surface area contributed by atoms with E-state index in [1.54, 1.807) is 6.92 Å². The topological polar surface area (TPSA) is 100 Å². The van der Waals surface area contributed by atoms with Gasteiger partial charge in [0.25, 0.3) is 5.56 Å². The third-order valence-electron chi connectivity index (χ3n) is 4.32. The molecule has 0 saturated carbocycles. The number of terminal acetylenes is 1. The van der Waals surface area contributed by atoms with Crippen molar-refractivity contribution in [3.8, 4) is 23.5 Å². The summed E-state index contributed by atoms with van der Waals surface area (Å²) in [6.45, 7) is 1.71. The normalized spacial score (nSPS) is 11.2. The molecule has 0 aliphatic heterocycles. The maximum atomic E-state index is 14.0. The van der Waals surface area contributed by atoms with E-state index >= 15 is 0 Å². The fraction of sp³-hybridized carbons (Fsp3) is 0.0556. The van der Waals surface area contributed by atoms with Crippen LogP contribution in [0, 0.1) is 25.1 Å². The van der Waals surface area contributed by atoms with Gasteiger partial charge in [0, 0.05) is 16.5 Å². The molecule has 4 N–H and O–H groups in total. The molecule has 0 unspecified atom stereocenters. The Balaban J connectivity index is 2.26. The van der Waals surface area contributed by atoms with Crippen molar-refractivity contribution in [2.45, 2.75) is 6.92 Å². The third kappa shape index (κ3) is 2.09. The summed E-state index contributed by atoms with van der Waals surface area (Å²) in [6, 6.07) is 2.78. The molecule has 3 aromatic heterocycles. The van der Waals surface area contributed by atoms with Crippen molar-refractivity contribution in [1.82, 2.24) is 20.2 Å². The van der Waals surface area contributed by atoms with Crippen LogP contribution in [0.2, 0.25) is 5.02 Å². The quantitative estimate of drug-likeness (QED) is 0.450. The van der Waals surface area contributed by atoms with Gasteiger partial charge in [-0.15, -0.1) is 6.42 Å². The lowest BCUT2D eigenvalue weighted by Gasteiger charge is -2.13. The number of nitrogens with one attached hydrogen (secondary N) is 2. The number of anilines is 1. The van der Waals surface area contributed by atoms with Crippen LogP contribution in [0.15, 0.2) is 23.1 Å². The van der Waals surface area contributed by atoms with Gasteiger partial charge in [0.1, 0.15) is 22.7 Å². The number of aromatic nitrogens is 4. The third-order valence-corrected chi connectivity index (χ3v) is 4.80. The van der Waals surface area contributed by atoms with Gasteiger partial charge in [-0.3, -0.25) is 9.89 Å². The van der Waals surface area contributed by atoms with Gasteiger partial charge in [0.2, 0.25) is 0 Å². The first-order valence-corrected chi connectivity index (χ1v) is 7.92. The summed E-state index contributed by atoms with van der Waals surface area (Å²) in [4.78, 5) is 19.5. The number of nitrogens with zero attached hydrogens (tertiary/aromatic N) is 2. The van der Waals surface area contributed by atoms with Gasteiger partial charge in [0.15, 0.2) is 0 Å². The Morgan fingerprint density at radius 2 is 2.12 bits per heavy atom. The van der Waals surface area contributed by atoms with Crippen LogP contribution in [0.1, 0.15) is 11.3 Å². The standard InChI is InChI=1S/C18H11ClFN5O/c1-3-11-7(2)13(19)17-16(23-11)12(14(21)18(26)24-17)8-4-5-10(20)15-9(8)6-22-25-15/h1,4-6H,21H2,2H3,(H,22,25)(H,24,26). The second-order valence-corrected chi connectivity index (χ2v) is 6.14. The van der Waals surface area contributed by atoms with E-state index in [1.807, 2.05) is 0 Å². The monoisotopic (exact) mass is 367 g/mol. The number of aromatic amines is 2. The molecule has 0 amide bonds. The van der Waals surface area contributed by atoms with E-state index < -0.39 is 11.4 Å². The first kappa shape index (κ1) is 16.1. The summed E-state index contributed by atoms with van der Waals surface area (Å²) in [6.07, 6.45) is 6.98. The number of rotatable bonds is 1. The van der Waals surface area contributed by atoms with Gasteiger partial charge in [-0.05, 0) is 24.5 Å². The Kier molecular flexibility index (Phi) is 3.46. The van der Waals surface area contributed by atoms with Gasteiger partial charge in [-0.2, -0.15) is 5.10 Å². The molecule has 0 spiro atoms. The van der Waals surface area contributed by atoms with E-state index in [2.05, 4.69) is 26.1 Å². The lowest BCUT2D eigenvalue weighted by molar-refractivity contribution is 0.636. The molecule has 6 nitrogen and oxygen atoms in total. The van der Waals surface area contributed by atoms with Gasteiger partial charge < -0.3 is 10.7 Å². The van der Waals surface area contributed by atoms with E-state index in [1.165, 1.54) is 18.3 Å². The second kappa shape index (κ2) is 5.58. The fourth-order valence-electron chi connectivity index (χ4n) is 3.00. The van der Waals surface area contributed by atoms with Gasteiger partial charge in [-0.1, -0.05) is 17.7 Å². The lowest BCUT2D eigenvalue weighted by Crippen LogP contribution is -2.15. The van der Waals surface area contributed by atoms with Gasteiger partial charge >= 0.3 is 0 Å². The number of hydrogen-bond acceptors (Lipinski definition) is 4. The summed E-state index contributed by atoms with van der Waals surface area (Å²) in [5, 5.41) is 7.21. The van der Waals surface area contributed by atoms with Crippen LogP contribution in [0.3, 0.4) is 0 Å². The summed E-state index contributed by atoms with van der Waals surface area (Å²) in [5.74, 6) is 2.00. The highest BCUT2D eigenvalue weighted by molar-refractivity contribution is 6.36. The molecule has 128 valence electrons. The second-order valence-electron chi connectivity index (χ2n) is 5.76. The van der Waals surface area contributed by atoms with E-state index in [0.717, 1.165) is 0 Å². The number of halogens is 2. The maximum Gasteiger partial charge on any atom is 0.272 e. The zero-order valence-corrected chi connectivity index (χ0v) is 14.2. The molecule has 0 aliphatic rings. The molecule has 0 radical (unpaired) electrons. The van der Waals surface area contributed by atoms with Crippen molar-refractivity contribution in [3.63, 3.8) is 0 Å². The van der Waals surface area contributed by atoms with Gasteiger partial charge in [-0.25, -0.2) is 9.37 Å². The predicted molar refractivity (Wildman–Crippen MR) is 99.5 cm³/mol. The maximum absolute atomic E-state index is 14.0. The Morgan fingerprint density at radius 3 is 2.85 bits per heavy atom. The van der Waals surface area contributed by atoms with Crippen molar-refractivity contribution in [3.05, 3.63) is 50.8 Å². The highest BCUT2D eigenvalue weighted by atomic mass is 35.5. The fourth-order valence-corrected chi connectivity index (χ4v) is 3.22. The predicted octanol–water partition coefficient (Wildman–Crippen LogP) is 3.13. The average Bonchev–Trinajstić information content (AvgIpc) is 3.12. The number of hydrogen-bond donors (Lipinski definition) is 3. The van der Waals surface area contributed by atoms with E-state index in [9.17, 15) is 9.18 Å². The molecule has 0 fully saturated rings. The number of pyridine rings is 2. The Bertz CT molecular complexity index is 1320. The van der Waals surface area contributed by atoms with Crippen molar-refractivity contribution in [2.24, 2.45) is 0 Å². The van der Waals surface area contributed by atoms with Crippen LogP contribution in [0.4, 0.5) is 10.1 Å². The first-order chi connectivity index (χ1) is 12.4. The molecular formula is C18H11ClFN5O. The number of benzene rings is 1. The molecule has 3 heterocycles. The van der Waals surface area contributed by atoms with Crippen molar-refractivity contribution >= 4 is 39.2 Å². The summed E-state index contributed by atoms with van der Waals surface area (Å²) in [5.41, 5.74) is 8.05. The van der Waals surface area contributed by atoms with Crippen LogP contribution in [0.25, 0.3) is 33.1 Å². The Hall–Kier alpha value is -3.37. The minimum Gasteiger partial charge on any atom is -0.394 e. The SMILES string of the molecule is C#Cc1nc2c(-c3ccc(F)c4[nH]ncc34)c(N)c(=O)[nH]c2c(Cl)c1C. The number of fused-ring (bicyclic) bond motifs is 2. The highest BCUT2D eigenvalue weighted by Crippen LogP contribution is 2.37. The molecule has 0 atom stereocenters. The number of nitrogen functional groups attached to an aromatic ring is 1. The van der Waals surface area contributed by atoms with Crippen LogP contribution < -0.4 is 11.3 Å². The van der Waals surface area contributed by atoms with Crippen LogP contribution >= 0.6 is 11.6 Å². The minimum atomic E-state index is -0.523.